The van der Waals surface area contributed by atoms with Gasteiger partial charge in [0.1, 0.15) is 5.82 Å². The molecule has 1 aromatic rings. The van der Waals surface area contributed by atoms with E-state index in [0.29, 0.717) is 25.9 Å². The summed E-state index contributed by atoms with van der Waals surface area (Å²) in [5.41, 5.74) is 0.415. The van der Waals surface area contributed by atoms with Crippen LogP contribution in [-0.4, -0.2) is 76.2 Å². The Kier molecular flexibility index (Phi) is 5.77. The number of amides is 1. The van der Waals surface area contributed by atoms with Crippen molar-refractivity contribution in [2.75, 3.05) is 44.2 Å². The molecule has 0 aromatic carbocycles. The van der Waals surface area contributed by atoms with E-state index in [1.165, 1.54) is 0 Å². The van der Waals surface area contributed by atoms with E-state index in [0.717, 1.165) is 37.6 Å². The van der Waals surface area contributed by atoms with Crippen molar-refractivity contribution < 1.29 is 9.90 Å². The number of carbonyl (C=O) groups excluding carboxylic acids is 1. The predicted octanol–water partition coefficient (Wildman–Crippen LogP) is 2.05. The van der Waals surface area contributed by atoms with Gasteiger partial charge in [0, 0.05) is 51.0 Å². The molecule has 0 saturated carbocycles. The van der Waals surface area contributed by atoms with Gasteiger partial charge in [0.2, 0.25) is 5.91 Å². The van der Waals surface area contributed by atoms with Crippen molar-refractivity contribution in [2.24, 2.45) is 0 Å². The van der Waals surface area contributed by atoms with Crippen molar-refractivity contribution in [1.82, 2.24) is 14.8 Å². The Morgan fingerprint density at radius 2 is 1.74 bits per heavy atom. The van der Waals surface area contributed by atoms with E-state index < -0.39 is 5.60 Å². The second-order valence-electron chi connectivity index (χ2n) is 9.12. The van der Waals surface area contributed by atoms with Crippen LogP contribution in [-0.2, 0) is 4.79 Å². The van der Waals surface area contributed by atoms with Gasteiger partial charge in [0.05, 0.1) is 12.0 Å². The Bertz CT molecular complexity index is 637. The number of pyridine rings is 1. The van der Waals surface area contributed by atoms with Crippen LogP contribution in [0.5, 0.6) is 0 Å². The van der Waals surface area contributed by atoms with E-state index in [1.807, 2.05) is 24.1 Å². The summed E-state index contributed by atoms with van der Waals surface area (Å²) >= 11 is 0. The first-order chi connectivity index (χ1) is 12.7. The number of rotatable bonds is 3. The minimum atomic E-state index is -0.853. The molecule has 0 aliphatic carbocycles. The van der Waals surface area contributed by atoms with Gasteiger partial charge >= 0.3 is 0 Å². The second kappa shape index (κ2) is 7.76. The first kappa shape index (κ1) is 20.1. The molecule has 1 amide bonds. The molecule has 2 aliphatic rings. The Balaban J connectivity index is 1.49. The number of hydrogen-bond donors (Lipinski definition) is 1. The summed E-state index contributed by atoms with van der Waals surface area (Å²) in [5, 5.41) is 10.9. The molecule has 0 bridgehead atoms. The molecule has 0 spiro atoms. The number of aliphatic hydroxyl groups is 1. The first-order valence-corrected chi connectivity index (χ1v) is 10.1. The van der Waals surface area contributed by atoms with Crippen molar-refractivity contribution in [3.8, 4) is 0 Å². The summed E-state index contributed by atoms with van der Waals surface area (Å²) in [5.74, 6) is 1.05. The van der Waals surface area contributed by atoms with Gasteiger partial charge in [-0.05, 0) is 52.2 Å². The van der Waals surface area contributed by atoms with Gasteiger partial charge in [0.25, 0.3) is 0 Å². The molecular weight excluding hydrogens is 340 g/mol. The molecule has 0 radical (unpaired) electrons. The summed E-state index contributed by atoms with van der Waals surface area (Å²) in [4.78, 5) is 23.7. The van der Waals surface area contributed by atoms with E-state index in [-0.39, 0.29) is 17.9 Å². The lowest BCUT2D eigenvalue weighted by Crippen LogP contribution is -2.54. The Morgan fingerprint density at radius 1 is 1.11 bits per heavy atom. The van der Waals surface area contributed by atoms with Gasteiger partial charge < -0.3 is 14.9 Å². The van der Waals surface area contributed by atoms with E-state index >= 15 is 0 Å². The van der Waals surface area contributed by atoms with Crippen LogP contribution in [0.15, 0.2) is 18.3 Å². The topological polar surface area (TPSA) is 59.9 Å². The highest BCUT2D eigenvalue weighted by molar-refractivity contribution is 5.77. The summed E-state index contributed by atoms with van der Waals surface area (Å²) in [6, 6.07) is 4.11. The number of piperidine rings is 1. The molecule has 1 aromatic heterocycles. The monoisotopic (exact) mass is 374 g/mol. The first-order valence-electron chi connectivity index (χ1n) is 10.1. The zero-order chi connectivity index (χ0) is 19.7. The maximum Gasteiger partial charge on any atom is 0.225 e. The fourth-order valence-corrected chi connectivity index (χ4v) is 4.00. The van der Waals surface area contributed by atoms with Gasteiger partial charge in [-0.3, -0.25) is 9.69 Å². The molecule has 2 aliphatic heterocycles. The van der Waals surface area contributed by atoms with E-state index in [2.05, 4.69) is 41.6 Å². The van der Waals surface area contributed by atoms with Crippen LogP contribution < -0.4 is 4.90 Å². The van der Waals surface area contributed by atoms with Crippen LogP contribution >= 0.6 is 0 Å². The van der Waals surface area contributed by atoms with Crippen LogP contribution in [0.3, 0.4) is 0 Å². The molecule has 3 heterocycles. The fraction of sp³-hybridized carbons (Fsp3) is 0.714. The molecular formula is C21H34N4O2. The van der Waals surface area contributed by atoms with Crippen molar-refractivity contribution >= 4 is 11.7 Å². The fourth-order valence-electron chi connectivity index (χ4n) is 4.00. The third-order valence-corrected chi connectivity index (χ3v) is 5.98. The highest BCUT2D eigenvalue weighted by Gasteiger charge is 2.38. The number of nitrogens with zero attached hydrogens (tertiary/aromatic N) is 4. The van der Waals surface area contributed by atoms with Crippen molar-refractivity contribution in [3.63, 3.8) is 0 Å². The van der Waals surface area contributed by atoms with Crippen LogP contribution in [0.4, 0.5) is 5.82 Å². The minimum Gasteiger partial charge on any atom is -0.389 e. The van der Waals surface area contributed by atoms with Gasteiger partial charge in [-0.15, -0.1) is 0 Å². The molecule has 27 heavy (non-hydrogen) atoms. The minimum absolute atomic E-state index is 0.0817. The van der Waals surface area contributed by atoms with Gasteiger partial charge in [-0.2, -0.15) is 0 Å². The number of piperazine rings is 1. The van der Waals surface area contributed by atoms with Crippen LogP contribution in [0, 0.1) is 6.92 Å². The summed E-state index contributed by atoms with van der Waals surface area (Å²) in [7, 11) is 0. The zero-order valence-electron chi connectivity index (χ0n) is 17.2. The average molecular weight is 375 g/mol. The molecule has 3 rings (SSSR count). The highest BCUT2D eigenvalue weighted by Crippen LogP contribution is 2.30. The molecule has 150 valence electrons. The van der Waals surface area contributed by atoms with Gasteiger partial charge in [0.15, 0.2) is 0 Å². The number of anilines is 1. The number of carbonyl (C=O) groups is 1. The summed E-state index contributed by atoms with van der Waals surface area (Å²) in [6.45, 7) is 13.3. The van der Waals surface area contributed by atoms with Crippen molar-refractivity contribution in [2.45, 2.75) is 58.1 Å². The lowest BCUT2D eigenvalue weighted by atomic mass is 9.86. The smallest absolute Gasteiger partial charge is 0.225 e. The number of hydrogen-bond acceptors (Lipinski definition) is 5. The molecule has 6 nitrogen and oxygen atoms in total. The third-order valence-electron chi connectivity index (χ3n) is 5.98. The van der Waals surface area contributed by atoms with E-state index in [1.54, 1.807) is 0 Å². The lowest BCUT2D eigenvalue weighted by molar-refractivity contribution is -0.139. The summed E-state index contributed by atoms with van der Waals surface area (Å²) < 4.78 is 0. The standard InChI is InChI=1S/C21H34N4O2/c1-17-5-6-18(22-16-17)23-11-13-24(14-12-23)19(26)15-21(27)7-9-25(10-8-21)20(2,3)4/h5-6,16,27H,7-15H2,1-4H3. The number of aryl methyl sites for hydroxylation is 1. The Morgan fingerprint density at radius 3 is 2.26 bits per heavy atom. The van der Waals surface area contributed by atoms with E-state index in [9.17, 15) is 9.90 Å². The molecule has 0 unspecified atom stereocenters. The number of aromatic nitrogens is 1. The SMILES string of the molecule is Cc1ccc(N2CCN(C(=O)CC3(O)CCN(C(C)(C)C)CC3)CC2)nc1. The summed E-state index contributed by atoms with van der Waals surface area (Å²) in [6.07, 6.45) is 3.46. The highest BCUT2D eigenvalue weighted by atomic mass is 16.3. The van der Waals surface area contributed by atoms with E-state index in [4.69, 9.17) is 0 Å². The van der Waals surface area contributed by atoms with Gasteiger partial charge in [-0.25, -0.2) is 4.98 Å². The maximum absolute atomic E-state index is 12.8. The quantitative estimate of drug-likeness (QED) is 0.878. The third kappa shape index (κ3) is 4.99. The number of likely N-dealkylation sites (tertiary alicyclic amines) is 1. The van der Waals surface area contributed by atoms with Crippen molar-refractivity contribution in [3.05, 3.63) is 23.9 Å². The lowest BCUT2D eigenvalue weighted by Gasteiger charge is -2.45. The average Bonchev–Trinajstić information content (AvgIpc) is 2.62. The van der Waals surface area contributed by atoms with Crippen LogP contribution in [0.1, 0.15) is 45.6 Å². The normalized spacial score (nSPS) is 21.4. The van der Waals surface area contributed by atoms with Gasteiger partial charge in [-0.1, -0.05) is 6.07 Å². The second-order valence-corrected chi connectivity index (χ2v) is 9.12. The molecule has 2 fully saturated rings. The molecule has 2 saturated heterocycles. The van der Waals surface area contributed by atoms with Crippen LogP contribution in [0.25, 0.3) is 0 Å². The Hall–Kier alpha value is -1.66. The van der Waals surface area contributed by atoms with Crippen molar-refractivity contribution in [1.29, 1.82) is 0 Å². The predicted molar refractivity (Wildman–Crippen MR) is 108 cm³/mol. The molecule has 6 heteroatoms. The Labute approximate surface area is 163 Å². The molecule has 1 N–H and O–H groups in total. The van der Waals surface area contributed by atoms with Crippen LogP contribution in [0.2, 0.25) is 0 Å². The maximum atomic E-state index is 12.8. The largest absolute Gasteiger partial charge is 0.389 e. The zero-order valence-corrected chi connectivity index (χ0v) is 17.2. The molecule has 0 atom stereocenters.